The van der Waals surface area contributed by atoms with Crippen LogP contribution in [0.15, 0.2) is 58.3 Å². The maximum atomic E-state index is 12.7. The summed E-state index contributed by atoms with van der Waals surface area (Å²) in [6.07, 6.45) is 2.04. The lowest BCUT2D eigenvalue weighted by molar-refractivity contribution is -0.127. The molecular weight excluding hydrogens is 460 g/mol. The topological polar surface area (TPSA) is 95.6 Å². The molecular formula is C21H23F2N3O4S2. The summed E-state index contributed by atoms with van der Waals surface area (Å²) < 4.78 is 52.5. The Bertz CT molecular complexity index is 1060. The van der Waals surface area contributed by atoms with Crippen LogP contribution in [0.25, 0.3) is 0 Å². The Morgan fingerprint density at radius 2 is 1.91 bits per heavy atom. The fraction of sp³-hybridized carbons (Fsp3) is 0.333. The third-order valence-electron chi connectivity index (χ3n) is 4.80. The highest BCUT2D eigenvalue weighted by Gasteiger charge is 2.20. The van der Waals surface area contributed by atoms with E-state index in [2.05, 4.69) is 10.0 Å². The first kappa shape index (κ1) is 24.0. The number of benzene rings is 2. The molecule has 2 N–H and O–H groups in total. The first-order valence-electron chi connectivity index (χ1n) is 9.98. The number of likely N-dealkylation sites (tertiary alicyclic amines) is 1. The van der Waals surface area contributed by atoms with Crippen molar-refractivity contribution in [2.24, 2.45) is 0 Å². The van der Waals surface area contributed by atoms with Crippen LogP contribution in [0.4, 0.5) is 14.5 Å². The predicted octanol–water partition coefficient (Wildman–Crippen LogP) is 3.54. The third kappa shape index (κ3) is 6.67. The quantitative estimate of drug-likeness (QED) is 0.398. The van der Waals surface area contributed by atoms with E-state index >= 15 is 0 Å². The van der Waals surface area contributed by atoms with Crippen molar-refractivity contribution in [1.29, 1.82) is 0 Å². The average molecular weight is 484 g/mol. The van der Waals surface area contributed by atoms with Crippen molar-refractivity contribution < 1.29 is 26.8 Å². The number of carbonyl (C=O) groups excluding carboxylic acids is 2. The smallest absolute Gasteiger partial charge is 0.288 e. The van der Waals surface area contributed by atoms with Crippen LogP contribution in [-0.2, 0) is 14.8 Å². The number of nitrogens with zero attached hydrogens (tertiary/aromatic N) is 1. The highest BCUT2D eigenvalue weighted by atomic mass is 32.2. The van der Waals surface area contributed by atoms with Gasteiger partial charge in [-0.15, -0.1) is 0 Å². The van der Waals surface area contributed by atoms with E-state index in [1.807, 2.05) is 0 Å². The van der Waals surface area contributed by atoms with Gasteiger partial charge in [-0.25, -0.2) is 8.42 Å². The molecule has 0 spiro atoms. The zero-order valence-corrected chi connectivity index (χ0v) is 18.7. The molecule has 0 bridgehead atoms. The number of amides is 2. The first-order valence-corrected chi connectivity index (χ1v) is 12.3. The molecule has 0 radical (unpaired) electrons. The van der Waals surface area contributed by atoms with E-state index in [9.17, 15) is 26.8 Å². The van der Waals surface area contributed by atoms with Crippen molar-refractivity contribution in [1.82, 2.24) is 10.2 Å². The van der Waals surface area contributed by atoms with Crippen LogP contribution in [0.5, 0.6) is 0 Å². The second-order valence-electron chi connectivity index (χ2n) is 7.13. The van der Waals surface area contributed by atoms with Gasteiger partial charge in [0.15, 0.2) is 0 Å². The largest absolute Gasteiger partial charge is 0.352 e. The molecule has 0 unspecified atom stereocenters. The summed E-state index contributed by atoms with van der Waals surface area (Å²) in [5.41, 5.74) is 0.406. The van der Waals surface area contributed by atoms with Gasteiger partial charge in [-0.1, -0.05) is 17.8 Å². The number of hydrogen-bond acceptors (Lipinski definition) is 5. The molecule has 1 heterocycles. The number of anilines is 1. The summed E-state index contributed by atoms with van der Waals surface area (Å²) in [7, 11) is -3.98. The van der Waals surface area contributed by atoms with Crippen LogP contribution in [0, 0.1) is 0 Å². The molecule has 1 aliphatic heterocycles. The second-order valence-corrected chi connectivity index (χ2v) is 9.88. The summed E-state index contributed by atoms with van der Waals surface area (Å²) in [5, 5.41) is 2.73. The summed E-state index contributed by atoms with van der Waals surface area (Å²) in [6.45, 7) is 1.68. The number of thioether (sulfide) groups is 1. The van der Waals surface area contributed by atoms with Gasteiger partial charge in [0.25, 0.3) is 21.7 Å². The summed E-state index contributed by atoms with van der Waals surface area (Å²) in [4.78, 5) is 26.0. The lowest BCUT2D eigenvalue weighted by Gasteiger charge is -2.15. The summed E-state index contributed by atoms with van der Waals surface area (Å²) >= 11 is 0.367. The Hall–Kier alpha value is -2.66. The average Bonchev–Trinajstić information content (AvgIpc) is 3.16. The molecule has 2 aromatic rings. The fourth-order valence-corrected chi connectivity index (χ4v) is 4.84. The molecule has 0 aliphatic carbocycles. The van der Waals surface area contributed by atoms with E-state index in [0.717, 1.165) is 13.0 Å². The van der Waals surface area contributed by atoms with E-state index in [-0.39, 0.29) is 22.1 Å². The number of alkyl halides is 2. The summed E-state index contributed by atoms with van der Waals surface area (Å²) in [5.74, 6) is -2.85. The third-order valence-corrected chi connectivity index (χ3v) is 6.90. The number of sulfonamides is 1. The molecule has 172 valence electrons. The molecule has 0 atom stereocenters. The number of hydrogen-bond donors (Lipinski definition) is 2. The van der Waals surface area contributed by atoms with Gasteiger partial charge in [0.2, 0.25) is 5.91 Å². The van der Waals surface area contributed by atoms with Crippen molar-refractivity contribution in [2.45, 2.75) is 34.8 Å². The molecule has 1 saturated heterocycles. The molecule has 2 aromatic carbocycles. The highest BCUT2D eigenvalue weighted by molar-refractivity contribution is 7.99. The lowest BCUT2D eigenvalue weighted by Crippen LogP contribution is -2.30. The van der Waals surface area contributed by atoms with Crippen LogP contribution in [-0.4, -0.2) is 50.5 Å². The van der Waals surface area contributed by atoms with Crippen molar-refractivity contribution >= 4 is 39.3 Å². The minimum Gasteiger partial charge on any atom is -0.352 e. The molecule has 1 aliphatic rings. The summed E-state index contributed by atoms with van der Waals surface area (Å²) in [6, 6.07) is 11.2. The molecule has 11 heteroatoms. The number of nitrogens with one attached hydrogen (secondary N) is 2. The molecule has 32 heavy (non-hydrogen) atoms. The normalized spacial score (nSPS) is 14.1. The highest BCUT2D eigenvalue weighted by Crippen LogP contribution is 2.27. The van der Waals surface area contributed by atoms with Crippen LogP contribution >= 0.6 is 11.8 Å². The van der Waals surface area contributed by atoms with Crippen LogP contribution in [0.3, 0.4) is 0 Å². The molecule has 2 amide bonds. The predicted molar refractivity (Wildman–Crippen MR) is 118 cm³/mol. The number of halogens is 2. The Labute approximate surface area is 189 Å². The zero-order valence-electron chi connectivity index (χ0n) is 17.1. The first-order chi connectivity index (χ1) is 15.2. The Morgan fingerprint density at radius 1 is 1.16 bits per heavy atom. The van der Waals surface area contributed by atoms with Gasteiger partial charge in [0.1, 0.15) is 0 Å². The maximum absolute atomic E-state index is 12.7. The Kier molecular flexibility index (Phi) is 8.08. The number of carbonyl (C=O) groups is 2. The minimum absolute atomic E-state index is 0.0983. The van der Waals surface area contributed by atoms with Gasteiger partial charge in [0.05, 0.1) is 4.90 Å². The molecule has 0 saturated carbocycles. The maximum Gasteiger partial charge on any atom is 0.288 e. The number of rotatable bonds is 10. The SMILES string of the molecule is O=C(NCCCN1CCCC1=O)c1cccc(S(=O)(=O)Nc2ccc(SC(F)F)cc2)c1. The Morgan fingerprint density at radius 3 is 2.56 bits per heavy atom. The minimum atomic E-state index is -3.98. The molecule has 7 nitrogen and oxygen atoms in total. The standard InChI is InChI=1S/C21H23F2N3O4S2/c22-21(23)31-17-9-7-16(8-10-17)25-32(29,30)18-5-1-4-15(14-18)20(28)24-11-3-13-26-12-2-6-19(26)27/h1,4-5,7-10,14,21,25H,2-3,6,11-13H2,(H,24,28). The van der Waals surface area contributed by atoms with Crippen LogP contribution in [0.2, 0.25) is 0 Å². The van der Waals surface area contributed by atoms with E-state index < -0.39 is 21.7 Å². The van der Waals surface area contributed by atoms with Crippen LogP contribution in [0.1, 0.15) is 29.6 Å². The van der Waals surface area contributed by atoms with Crippen molar-refractivity contribution in [3.8, 4) is 0 Å². The molecule has 1 fully saturated rings. The van der Waals surface area contributed by atoms with Gasteiger partial charge in [0, 0.05) is 42.2 Å². The van der Waals surface area contributed by atoms with Gasteiger partial charge >= 0.3 is 0 Å². The van der Waals surface area contributed by atoms with Crippen LogP contribution < -0.4 is 10.0 Å². The van der Waals surface area contributed by atoms with Gasteiger partial charge in [-0.2, -0.15) is 8.78 Å². The fourth-order valence-electron chi connectivity index (χ4n) is 3.24. The van der Waals surface area contributed by atoms with Crippen molar-refractivity contribution in [3.63, 3.8) is 0 Å². The zero-order chi connectivity index (χ0) is 23.1. The Balaban J connectivity index is 1.57. The van der Waals surface area contributed by atoms with Gasteiger partial charge in [-0.3, -0.25) is 14.3 Å². The van der Waals surface area contributed by atoms with E-state index in [1.54, 1.807) is 4.90 Å². The van der Waals surface area contributed by atoms with Crippen molar-refractivity contribution in [3.05, 3.63) is 54.1 Å². The second kappa shape index (κ2) is 10.8. The molecule has 3 rings (SSSR count). The monoisotopic (exact) mass is 483 g/mol. The van der Waals surface area contributed by atoms with Crippen molar-refractivity contribution in [2.75, 3.05) is 24.4 Å². The van der Waals surface area contributed by atoms with Gasteiger partial charge < -0.3 is 10.2 Å². The van der Waals surface area contributed by atoms with E-state index in [4.69, 9.17) is 0 Å². The van der Waals surface area contributed by atoms with E-state index in [1.165, 1.54) is 48.5 Å². The molecule has 0 aromatic heterocycles. The lowest BCUT2D eigenvalue weighted by atomic mass is 10.2. The van der Waals surface area contributed by atoms with E-state index in [0.29, 0.717) is 42.6 Å². The van der Waals surface area contributed by atoms with Gasteiger partial charge in [-0.05, 0) is 55.3 Å².